The topological polar surface area (TPSA) is 37.6 Å². The van der Waals surface area contributed by atoms with Crippen LogP contribution in [0.1, 0.15) is 53.8 Å². The van der Waals surface area contributed by atoms with Gasteiger partial charge in [-0.25, -0.2) is 4.39 Å². The van der Waals surface area contributed by atoms with Gasteiger partial charge in [0, 0.05) is 35.4 Å². The molecule has 3 aliphatic rings. The molecule has 29 heavy (non-hydrogen) atoms. The minimum atomic E-state index is -0.256. The molecule has 5 rings (SSSR count). The Morgan fingerprint density at radius 2 is 1.90 bits per heavy atom. The fourth-order valence-corrected chi connectivity index (χ4v) is 4.92. The third kappa shape index (κ3) is 3.22. The molecule has 1 unspecified atom stereocenters. The molecule has 2 aliphatic carbocycles. The van der Waals surface area contributed by atoms with Gasteiger partial charge in [-0.2, -0.15) is 0 Å². The van der Waals surface area contributed by atoms with Crippen LogP contribution < -0.4 is 0 Å². The normalized spacial score (nSPS) is 20.9. The summed E-state index contributed by atoms with van der Waals surface area (Å²) >= 11 is 0. The highest BCUT2D eigenvalue weighted by atomic mass is 19.1. The van der Waals surface area contributed by atoms with Crippen molar-refractivity contribution in [1.29, 1.82) is 0 Å². The Bertz CT molecular complexity index is 1030. The highest BCUT2D eigenvalue weighted by Crippen LogP contribution is 2.38. The van der Waals surface area contributed by atoms with Gasteiger partial charge in [0.1, 0.15) is 5.82 Å². The SMILES string of the molecule is Cc1cc(C(=O)N(C2CC2)C2CCC3=C(C=NC3)C2)c(C)n1-c1ccc(F)cc1. The van der Waals surface area contributed by atoms with Crippen LogP contribution in [0.3, 0.4) is 0 Å². The first-order valence-electron chi connectivity index (χ1n) is 10.5. The minimum absolute atomic E-state index is 0.137. The Hall–Kier alpha value is -2.69. The molecular formula is C24H26FN3O. The lowest BCUT2D eigenvalue weighted by molar-refractivity contribution is 0.0644. The number of carbonyl (C=O) groups is 1. The van der Waals surface area contributed by atoms with E-state index in [0.29, 0.717) is 6.04 Å². The monoisotopic (exact) mass is 391 g/mol. The lowest BCUT2D eigenvalue weighted by atomic mass is 9.88. The second kappa shape index (κ2) is 6.97. The van der Waals surface area contributed by atoms with E-state index in [0.717, 1.165) is 61.3 Å². The highest BCUT2D eigenvalue weighted by molar-refractivity contribution is 5.97. The molecule has 1 atom stereocenters. The molecule has 0 N–H and O–H groups in total. The molecule has 2 heterocycles. The van der Waals surface area contributed by atoms with E-state index in [4.69, 9.17) is 0 Å². The predicted octanol–water partition coefficient (Wildman–Crippen LogP) is 4.77. The first-order chi connectivity index (χ1) is 14.0. The zero-order valence-corrected chi connectivity index (χ0v) is 17.0. The number of aryl methyl sites for hydroxylation is 1. The number of hydrogen-bond donors (Lipinski definition) is 0. The average molecular weight is 391 g/mol. The van der Waals surface area contributed by atoms with E-state index in [1.165, 1.54) is 23.3 Å². The Labute approximate surface area is 170 Å². The second-order valence-corrected chi connectivity index (χ2v) is 8.54. The molecule has 1 aromatic heterocycles. The Balaban J connectivity index is 1.47. The summed E-state index contributed by atoms with van der Waals surface area (Å²) < 4.78 is 15.4. The standard InChI is InChI=1S/C24H26FN3O/c1-15-11-23(16(2)27(15)20-7-4-19(25)5-8-20)24(29)28(21-9-10-21)22-6-3-17-13-26-14-18(17)12-22/h4-5,7-8,11,14,21-22H,3,6,9-10,12-13H2,1-2H3. The summed E-state index contributed by atoms with van der Waals surface area (Å²) in [6, 6.07) is 9.05. The Morgan fingerprint density at radius 1 is 1.14 bits per heavy atom. The van der Waals surface area contributed by atoms with Crippen LogP contribution in [-0.4, -0.2) is 40.2 Å². The van der Waals surface area contributed by atoms with Gasteiger partial charge >= 0.3 is 0 Å². The Kier molecular flexibility index (Phi) is 4.41. The van der Waals surface area contributed by atoms with E-state index in [-0.39, 0.29) is 17.8 Å². The summed E-state index contributed by atoms with van der Waals surface area (Å²) in [4.78, 5) is 20.3. The molecule has 0 bridgehead atoms. The first-order valence-corrected chi connectivity index (χ1v) is 10.5. The zero-order valence-electron chi connectivity index (χ0n) is 17.0. The van der Waals surface area contributed by atoms with Crippen molar-refractivity contribution in [3.8, 4) is 5.69 Å². The van der Waals surface area contributed by atoms with Crippen molar-refractivity contribution in [1.82, 2.24) is 9.47 Å². The van der Waals surface area contributed by atoms with Crippen LogP contribution >= 0.6 is 0 Å². The number of benzene rings is 1. The maximum atomic E-state index is 13.7. The molecule has 1 aliphatic heterocycles. The molecule has 1 amide bonds. The molecule has 1 aromatic carbocycles. The van der Waals surface area contributed by atoms with Crippen LogP contribution in [-0.2, 0) is 0 Å². The van der Waals surface area contributed by atoms with Crippen molar-refractivity contribution in [3.05, 3.63) is 64.2 Å². The van der Waals surface area contributed by atoms with Gasteiger partial charge in [0.05, 0.1) is 12.1 Å². The highest BCUT2D eigenvalue weighted by Gasteiger charge is 2.40. The summed E-state index contributed by atoms with van der Waals surface area (Å²) in [7, 11) is 0. The molecule has 4 nitrogen and oxygen atoms in total. The summed E-state index contributed by atoms with van der Waals surface area (Å²) in [5, 5.41) is 0. The van der Waals surface area contributed by atoms with E-state index in [2.05, 4.69) is 9.89 Å². The lowest BCUT2D eigenvalue weighted by Crippen LogP contribution is -2.43. The van der Waals surface area contributed by atoms with Crippen LogP contribution in [0.15, 0.2) is 46.5 Å². The number of aliphatic imine (C=N–C) groups is 1. The van der Waals surface area contributed by atoms with E-state index < -0.39 is 0 Å². The molecule has 2 aromatic rings. The van der Waals surface area contributed by atoms with E-state index in [1.807, 2.05) is 30.7 Å². The molecule has 0 spiro atoms. The number of hydrogen-bond acceptors (Lipinski definition) is 2. The smallest absolute Gasteiger partial charge is 0.256 e. The van der Waals surface area contributed by atoms with Gasteiger partial charge < -0.3 is 9.47 Å². The molecule has 0 saturated heterocycles. The largest absolute Gasteiger partial charge is 0.332 e. The van der Waals surface area contributed by atoms with Gasteiger partial charge in [0.2, 0.25) is 0 Å². The van der Waals surface area contributed by atoms with Crippen LogP contribution in [0.2, 0.25) is 0 Å². The molecule has 5 heteroatoms. The van der Waals surface area contributed by atoms with Gasteiger partial charge in [-0.15, -0.1) is 0 Å². The number of aromatic nitrogens is 1. The fourth-order valence-electron chi connectivity index (χ4n) is 4.92. The summed E-state index contributed by atoms with van der Waals surface area (Å²) in [5.41, 5.74) is 6.36. The number of amides is 1. The number of halogens is 1. The van der Waals surface area contributed by atoms with Gasteiger partial charge in [-0.1, -0.05) is 0 Å². The van der Waals surface area contributed by atoms with Crippen molar-refractivity contribution in [2.75, 3.05) is 6.54 Å². The molecule has 1 fully saturated rings. The third-order valence-corrected chi connectivity index (χ3v) is 6.53. The summed E-state index contributed by atoms with van der Waals surface area (Å²) in [6.45, 7) is 4.83. The van der Waals surface area contributed by atoms with Crippen LogP contribution in [0, 0.1) is 19.7 Å². The minimum Gasteiger partial charge on any atom is -0.332 e. The number of rotatable bonds is 4. The van der Waals surface area contributed by atoms with Gasteiger partial charge in [-0.3, -0.25) is 9.79 Å². The van der Waals surface area contributed by atoms with Gasteiger partial charge in [0.25, 0.3) is 5.91 Å². The van der Waals surface area contributed by atoms with Crippen molar-refractivity contribution in [2.45, 2.75) is 58.0 Å². The van der Waals surface area contributed by atoms with Crippen molar-refractivity contribution in [2.24, 2.45) is 4.99 Å². The van der Waals surface area contributed by atoms with Gasteiger partial charge in [-0.05, 0) is 87.4 Å². The van der Waals surface area contributed by atoms with E-state index in [9.17, 15) is 9.18 Å². The number of carbonyl (C=O) groups excluding carboxylic acids is 1. The Morgan fingerprint density at radius 3 is 2.62 bits per heavy atom. The number of nitrogens with zero attached hydrogens (tertiary/aromatic N) is 3. The van der Waals surface area contributed by atoms with Crippen LogP contribution in [0.5, 0.6) is 0 Å². The summed E-state index contributed by atoms with van der Waals surface area (Å²) in [5.74, 6) is -0.119. The fraction of sp³-hybridized carbons (Fsp3) is 0.417. The van der Waals surface area contributed by atoms with Crippen LogP contribution in [0.4, 0.5) is 4.39 Å². The van der Waals surface area contributed by atoms with Crippen molar-refractivity contribution >= 4 is 12.1 Å². The molecular weight excluding hydrogens is 365 g/mol. The molecule has 150 valence electrons. The quantitative estimate of drug-likeness (QED) is 0.740. The predicted molar refractivity (Wildman–Crippen MR) is 112 cm³/mol. The van der Waals surface area contributed by atoms with Crippen molar-refractivity contribution < 1.29 is 9.18 Å². The van der Waals surface area contributed by atoms with Crippen molar-refractivity contribution in [3.63, 3.8) is 0 Å². The summed E-state index contributed by atoms with van der Waals surface area (Å²) in [6.07, 6.45) is 7.21. The van der Waals surface area contributed by atoms with Gasteiger partial charge in [0.15, 0.2) is 0 Å². The molecule has 0 radical (unpaired) electrons. The van der Waals surface area contributed by atoms with E-state index in [1.54, 1.807) is 12.1 Å². The lowest BCUT2D eigenvalue weighted by Gasteiger charge is -2.35. The molecule has 1 saturated carbocycles. The first kappa shape index (κ1) is 18.3. The maximum absolute atomic E-state index is 13.7. The third-order valence-electron chi connectivity index (χ3n) is 6.53. The van der Waals surface area contributed by atoms with E-state index >= 15 is 0 Å². The second-order valence-electron chi connectivity index (χ2n) is 8.54. The maximum Gasteiger partial charge on any atom is 0.256 e. The zero-order chi connectivity index (χ0) is 20.1. The average Bonchev–Trinajstić information content (AvgIpc) is 3.34. The van der Waals surface area contributed by atoms with Crippen LogP contribution in [0.25, 0.3) is 5.69 Å².